The van der Waals surface area contributed by atoms with Crippen molar-refractivity contribution in [1.29, 1.82) is 5.26 Å². The Hall–Kier alpha value is -4.47. The Morgan fingerprint density at radius 2 is 1.60 bits per heavy atom. The number of hydrogen-bond acceptors (Lipinski definition) is 4. The van der Waals surface area contributed by atoms with Crippen molar-refractivity contribution in [2.75, 3.05) is 31.1 Å². The molecule has 2 heterocycles. The standard InChI is InChI=1S/C33H31ClN4O2/c1-24-20-27(21-28(22-35)33(39)37-18-16-36(17-19-37)30-6-4-3-5-7-30)25(2)38(24)31-12-14-32(15-13-31)40-23-26-8-10-29(34)11-9-26/h3-15,20-21H,16-19,23H2,1-2H3/b28-21-. The zero-order valence-electron chi connectivity index (χ0n) is 22.7. The number of aromatic nitrogens is 1. The molecule has 1 fully saturated rings. The van der Waals surface area contributed by atoms with E-state index in [-0.39, 0.29) is 11.5 Å². The number of amides is 1. The molecule has 0 aliphatic carbocycles. The molecule has 202 valence electrons. The number of carbonyl (C=O) groups is 1. The van der Waals surface area contributed by atoms with Crippen LogP contribution in [0.15, 0.2) is 90.5 Å². The van der Waals surface area contributed by atoms with E-state index in [1.807, 2.05) is 86.6 Å². The predicted octanol–water partition coefficient (Wildman–Crippen LogP) is 6.58. The maximum atomic E-state index is 13.3. The minimum absolute atomic E-state index is 0.152. The lowest BCUT2D eigenvalue weighted by Crippen LogP contribution is -2.49. The van der Waals surface area contributed by atoms with Crippen molar-refractivity contribution >= 4 is 29.3 Å². The highest BCUT2D eigenvalue weighted by Crippen LogP contribution is 2.25. The van der Waals surface area contributed by atoms with E-state index in [0.717, 1.165) is 52.7 Å². The molecule has 1 saturated heterocycles. The molecule has 40 heavy (non-hydrogen) atoms. The Morgan fingerprint density at radius 3 is 2.25 bits per heavy atom. The van der Waals surface area contributed by atoms with E-state index in [1.54, 1.807) is 11.0 Å². The largest absolute Gasteiger partial charge is 0.489 e. The second kappa shape index (κ2) is 12.1. The lowest BCUT2D eigenvalue weighted by atomic mass is 10.1. The van der Waals surface area contributed by atoms with Crippen LogP contribution < -0.4 is 9.64 Å². The number of nitriles is 1. The molecular weight excluding hydrogens is 520 g/mol. The van der Waals surface area contributed by atoms with Gasteiger partial charge in [0.25, 0.3) is 5.91 Å². The number of aryl methyl sites for hydroxylation is 1. The van der Waals surface area contributed by atoms with Gasteiger partial charge in [0, 0.05) is 54.0 Å². The molecule has 3 aromatic carbocycles. The number of anilines is 1. The molecule has 1 aromatic heterocycles. The molecule has 1 aliphatic heterocycles. The van der Waals surface area contributed by atoms with Gasteiger partial charge in [-0.15, -0.1) is 0 Å². The highest BCUT2D eigenvalue weighted by atomic mass is 35.5. The maximum absolute atomic E-state index is 13.3. The molecule has 0 N–H and O–H groups in total. The van der Waals surface area contributed by atoms with Gasteiger partial charge in [0.05, 0.1) is 0 Å². The summed E-state index contributed by atoms with van der Waals surface area (Å²) in [6.07, 6.45) is 1.72. The third kappa shape index (κ3) is 6.06. The molecule has 5 rings (SSSR count). The number of halogens is 1. The zero-order valence-corrected chi connectivity index (χ0v) is 23.4. The van der Waals surface area contributed by atoms with Crippen LogP contribution in [0, 0.1) is 25.2 Å². The molecule has 0 saturated carbocycles. The van der Waals surface area contributed by atoms with Crippen LogP contribution in [-0.4, -0.2) is 41.6 Å². The van der Waals surface area contributed by atoms with Crippen molar-refractivity contribution < 1.29 is 9.53 Å². The van der Waals surface area contributed by atoms with E-state index in [1.165, 1.54) is 0 Å². The highest BCUT2D eigenvalue weighted by Gasteiger charge is 2.24. The van der Waals surface area contributed by atoms with Gasteiger partial charge in [-0.2, -0.15) is 5.26 Å². The van der Waals surface area contributed by atoms with Gasteiger partial charge in [0.1, 0.15) is 24.0 Å². The van der Waals surface area contributed by atoms with E-state index >= 15 is 0 Å². The van der Waals surface area contributed by atoms with Gasteiger partial charge in [0.2, 0.25) is 0 Å². The SMILES string of the molecule is Cc1cc(/C=C(/C#N)C(=O)N2CCN(c3ccccc3)CC2)c(C)n1-c1ccc(OCc2ccc(Cl)cc2)cc1. The smallest absolute Gasteiger partial charge is 0.264 e. The van der Waals surface area contributed by atoms with Gasteiger partial charge in [-0.3, -0.25) is 4.79 Å². The number of benzene rings is 3. The van der Waals surface area contributed by atoms with Gasteiger partial charge in [0.15, 0.2) is 0 Å². The summed E-state index contributed by atoms with van der Waals surface area (Å²) < 4.78 is 8.05. The van der Waals surface area contributed by atoms with Crippen molar-refractivity contribution in [3.63, 3.8) is 0 Å². The van der Waals surface area contributed by atoms with E-state index in [0.29, 0.717) is 24.7 Å². The third-order valence-corrected chi connectivity index (χ3v) is 7.47. The number of ether oxygens (including phenoxy) is 1. The fraction of sp³-hybridized carbons (Fsp3) is 0.212. The van der Waals surface area contributed by atoms with Crippen molar-refractivity contribution in [2.24, 2.45) is 0 Å². The first-order chi connectivity index (χ1) is 19.4. The fourth-order valence-electron chi connectivity index (χ4n) is 5.04. The van der Waals surface area contributed by atoms with E-state index in [2.05, 4.69) is 27.7 Å². The van der Waals surface area contributed by atoms with Crippen LogP contribution in [-0.2, 0) is 11.4 Å². The third-order valence-electron chi connectivity index (χ3n) is 7.22. The normalized spacial score (nSPS) is 13.7. The van der Waals surface area contributed by atoms with Gasteiger partial charge in [-0.05, 0) is 85.6 Å². The average Bonchev–Trinajstić information content (AvgIpc) is 3.28. The number of rotatable bonds is 7. The van der Waals surface area contributed by atoms with Crippen molar-refractivity contribution in [3.8, 4) is 17.5 Å². The molecule has 1 aliphatic rings. The Morgan fingerprint density at radius 1 is 0.925 bits per heavy atom. The lowest BCUT2D eigenvalue weighted by molar-refractivity contribution is -0.126. The van der Waals surface area contributed by atoms with Crippen molar-refractivity contribution in [2.45, 2.75) is 20.5 Å². The Bertz CT molecular complexity index is 1540. The van der Waals surface area contributed by atoms with E-state index in [9.17, 15) is 10.1 Å². The van der Waals surface area contributed by atoms with Gasteiger partial charge < -0.3 is 19.1 Å². The molecule has 0 bridgehead atoms. The van der Waals surface area contributed by atoms with Crippen LogP contribution in [0.2, 0.25) is 5.02 Å². The van der Waals surface area contributed by atoms with Crippen LogP contribution in [0.4, 0.5) is 5.69 Å². The van der Waals surface area contributed by atoms with E-state index < -0.39 is 0 Å². The van der Waals surface area contributed by atoms with Crippen molar-refractivity contribution in [3.05, 3.63) is 118 Å². The molecular formula is C33H31ClN4O2. The summed E-state index contributed by atoms with van der Waals surface area (Å²) in [4.78, 5) is 17.3. The minimum Gasteiger partial charge on any atom is -0.489 e. The van der Waals surface area contributed by atoms with Crippen LogP contribution in [0.25, 0.3) is 11.8 Å². The summed E-state index contributed by atoms with van der Waals surface area (Å²) in [5.41, 5.74) is 6.16. The van der Waals surface area contributed by atoms with Crippen LogP contribution >= 0.6 is 11.6 Å². The summed E-state index contributed by atoms with van der Waals surface area (Å²) in [5, 5.41) is 10.6. The molecule has 0 atom stereocenters. The molecule has 0 unspecified atom stereocenters. The van der Waals surface area contributed by atoms with Gasteiger partial charge in [-0.25, -0.2) is 0 Å². The number of hydrogen-bond donors (Lipinski definition) is 0. The van der Waals surface area contributed by atoms with Crippen molar-refractivity contribution in [1.82, 2.24) is 9.47 Å². The first kappa shape index (κ1) is 27.1. The zero-order chi connectivity index (χ0) is 28.1. The first-order valence-electron chi connectivity index (χ1n) is 13.3. The molecule has 7 heteroatoms. The Kier molecular flexibility index (Phi) is 8.23. The summed E-state index contributed by atoms with van der Waals surface area (Å²) in [6.45, 7) is 7.12. The first-order valence-corrected chi connectivity index (χ1v) is 13.7. The Labute approximate surface area is 240 Å². The second-order valence-electron chi connectivity index (χ2n) is 9.86. The molecule has 0 spiro atoms. The summed E-state index contributed by atoms with van der Waals surface area (Å²) in [6, 6.07) is 29.9. The average molecular weight is 551 g/mol. The molecule has 6 nitrogen and oxygen atoms in total. The Balaban J connectivity index is 1.27. The quantitative estimate of drug-likeness (QED) is 0.192. The lowest BCUT2D eigenvalue weighted by Gasteiger charge is -2.36. The minimum atomic E-state index is -0.220. The number of nitrogens with zero attached hydrogens (tertiary/aromatic N) is 4. The van der Waals surface area contributed by atoms with Crippen LogP contribution in [0.5, 0.6) is 5.75 Å². The number of carbonyl (C=O) groups excluding carboxylic acids is 1. The van der Waals surface area contributed by atoms with Gasteiger partial charge in [-0.1, -0.05) is 41.9 Å². The fourth-order valence-corrected chi connectivity index (χ4v) is 5.17. The summed E-state index contributed by atoms with van der Waals surface area (Å²) >= 11 is 5.96. The molecule has 0 radical (unpaired) electrons. The summed E-state index contributed by atoms with van der Waals surface area (Å²) in [5.74, 6) is 0.549. The monoisotopic (exact) mass is 550 g/mol. The van der Waals surface area contributed by atoms with Gasteiger partial charge >= 0.3 is 0 Å². The number of piperazine rings is 1. The summed E-state index contributed by atoms with van der Waals surface area (Å²) in [7, 11) is 0. The molecule has 1 amide bonds. The predicted molar refractivity (Wildman–Crippen MR) is 160 cm³/mol. The van der Waals surface area contributed by atoms with E-state index in [4.69, 9.17) is 16.3 Å². The van der Waals surface area contributed by atoms with Crippen LogP contribution in [0.1, 0.15) is 22.5 Å². The second-order valence-corrected chi connectivity index (χ2v) is 10.3. The maximum Gasteiger partial charge on any atom is 0.264 e. The topological polar surface area (TPSA) is 61.5 Å². The number of para-hydroxylation sites is 1. The highest BCUT2D eigenvalue weighted by molar-refractivity contribution is 6.30. The molecule has 4 aromatic rings. The van der Waals surface area contributed by atoms with Crippen LogP contribution in [0.3, 0.4) is 0 Å².